The molecule has 0 radical (unpaired) electrons. The molecule has 30 heavy (non-hydrogen) atoms. The van der Waals surface area contributed by atoms with E-state index in [-0.39, 0.29) is 5.91 Å². The maximum Gasteiger partial charge on any atom is 0.281 e. The van der Waals surface area contributed by atoms with Crippen molar-refractivity contribution in [3.8, 4) is 10.9 Å². The molecule has 6 heteroatoms. The first kappa shape index (κ1) is 19.5. The third kappa shape index (κ3) is 3.93. The third-order valence-corrected chi connectivity index (χ3v) is 7.40. The maximum atomic E-state index is 11.9. The van der Waals surface area contributed by atoms with E-state index in [2.05, 4.69) is 33.1 Å². The van der Waals surface area contributed by atoms with Gasteiger partial charge in [0.1, 0.15) is 5.75 Å². The van der Waals surface area contributed by atoms with Gasteiger partial charge in [-0.25, -0.2) is 4.98 Å². The molecule has 0 spiro atoms. The van der Waals surface area contributed by atoms with Crippen LogP contribution in [0.4, 0.5) is 0 Å². The summed E-state index contributed by atoms with van der Waals surface area (Å²) in [4.78, 5) is 22.9. The minimum absolute atomic E-state index is 0.260. The topological polar surface area (TPSA) is 55.3 Å². The Morgan fingerprint density at radius 2 is 1.93 bits per heavy atom. The molecule has 1 amide bonds. The highest BCUT2D eigenvalue weighted by Crippen LogP contribution is 2.40. The van der Waals surface area contributed by atoms with E-state index in [4.69, 9.17) is 4.74 Å². The normalized spacial score (nSPS) is 23.1. The molecule has 0 saturated carbocycles. The molecule has 2 aliphatic heterocycles. The van der Waals surface area contributed by atoms with Gasteiger partial charge in [0, 0.05) is 25.2 Å². The molecule has 3 atom stereocenters. The van der Waals surface area contributed by atoms with Crippen LogP contribution in [-0.4, -0.2) is 32.9 Å². The molecule has 5 nitrogen and oxygen atoms in total. The van der Waals surface area contributed by atoms with Crippen molar-refractivity contribution in [3.63, 3.8) is 0 Å². The average molecular weight is 422 g/mol. The average Bonchev–Trinajstić information content (AvgIpc) is 3.24. The molecule has 2 aliphatic rings. The Balaban J connectivity index is 1.17. The van der Waals surface area contributed by atoms with Gasteiger partial charge in [-0.15, -0.1) is 0 Å². The van der Waals surface area contributed by atoms with Crippen LogP contribution in [0.25, 0.3) is 10.3 Å². The lowest BCUT2D eigenvalue weighted by molar-refractivity contribution is -0.133. The number of rotatable bonds is 5. The first-order valence-corrected chi connectivity index (χ1v) is 11.7. The van der Waals surface area contributed by atoms with Gasteiger partial charge >= 0.3 is 0 Å². The zero-order chi connectivity index (χ0) is 20.7. The van der Waals surface area contributed by atoms with Crippen LogP contribution in [0.5, 0.6) is 10.9 Å². The van der Waals surface area contributed by atoms with Crippen LogP contribution in [-0.2, 0) is 11.2 Å². The third-order valence-electron chi connectivity index (χ3n) is 6.53. The Bertz CT molecular complexity index is 1050. The first-order chi connectivity index (χ1) is 14.5. The SMILES string of the molecule is CC(=O)N1C2CC[C@H]1CC(CCc1ccc(Oc3nc4ncc(C)cc4s3)cc1)C2. The summed E-state index contributed by atoms with van der Waals surface area (Å²) in [7, 11) is 0. The summed E-state index contributed by atoms with van der Waals surface area (Å²) < 4.78 is 7.00. The molecule has 2 fully saturated rings. The maximum absolute atomic E-state index is 11.9. The number of carbonyl (C=O) groups excluding carboxylic acids is 1. The molecule has 4 heterocycles. The minimum atomic E-state index is 0.260. The molecule has 0 N–H and O–H groups in total. The van der Waals surface area contributed by atoms with Crippen LogP contribution in [0.2, 0.25) is 0 Å². The summed E-state index contributed by atoms with van der Waals surface area (Å²) in [5.41, 5.74) is 3.20. The van der Waals surface area contributed by atoms with E-state index in [0.717, 1.165) is 34.0 Å². The largest absolute Gasteiger partial charge is 0.431 e. The van der Waals surface area contributed by atoms with E-state index < -0.39 is 0 Å². The number of benzene rings is 1. The number of hydrogen-bond acceptors (Lipinski definition) is 5. The van der Waals surface area contributed by atoms with Crippen molar-refractivity contribution in [2.75, 3.05) is 0 Å². The van der Waals surface area contributed by atoms with Crippen molar-refractivity contribution in [2.24, 2.45) is 5.92 Å². The molecule has 2 bridgehead atoms. The van der Waals surface area contributed by atoms with E-state index in [1.807, 2.05) is 25.3 Å². The standard InChI is InChI=1S/C24H27N3O2S/c1-15-11-22-23(25-14-15)26-24(30-22)29-21-9-5-17(6-10-21)3-4-18-12-19-7-8-20(13-18)27(19)16(2)28/h5-6,9-11,14,18-20H,3-4,7-8,12-13H2,1-2H3/t18?,19-,20?/m0/s1. The zero-order valence-electron chi connectivity index (χ0n) is 17.5. The van der Waals surface area contributed by atoms with E-state index in [1.165, 1.54) is 49.0 Å². The number of fused-ring (bicyclic) bond motifs is 3. The fourth-order valence-corrected chi connectivity index (χ4v) is 6.07. The Hall–Kier alpha value is -2.47. The number of aromatic nitrogens is 2. The highest BCUT2D eigenvalue weighted by Gasteiger charge is 2.41. The second-order valence-electron chi connectivity index (χ2n) is 8.75. The fraction of sp³-hybridized carbons (Fsp3) is 0.458. The molecular weight excluding hydrogens is 394 g/mol. The van der Waals surface area contributed by atoms with Gasteiger partial charge in [-0.3, -0.25) is 4.79 Å². The summed E-state index contributed by atoms with van der Waals surface area (Å²) in [5.74, 6) is 1.80. The summed E-state index contributed by atoms with van der Waals surface area (Å²) in [5, 5.41) is 0.628. The smallest absolute Gasteiger partial charge is 0.281 e. The number of hydrogen-bond donors (Lipinski definition) is 0. The number of nitrogens with zero attached hydrogens (tertiary/aromatic N) is 3. The minimum Gasteiger partial charge on any atom is -0.431 e. The molecule has 2 unspecified atom stereocenters. The van der Waals surface area contributed by atoms with Crippen LogP contribution in [0.3, 0.4) is 0 Å². The van der Waals surface area contributed by atoms with Crippen molar-refractivity contribution < 1.29 is 9.53 Å². The lowest BCUT2D eigenvalue weighted by Gasteiger charge is -2.38. The van der Waals surface area contributed by atoms with Crippen LogP contribution >= 0.6 is 11.3 Å². The van der Waals surface area contributed by atoms with Gasteiger partial charge in [0.15, 0.2) is 5.65 Å². The highest BCUT2D eigenvalue weighted by molar-refractivity contribution is 7.20. The molecular formula is C24H27N3O2S. The van der Waals surface area contributed by atoms with E-state index in [9.17, 15) is 4.79 Å². The Morgan fingerprint density at radius 1 is 1.20 bits per heavy atom. The highest BCUT2D eigenvalue weighted by atomic mass is 32.1. The summed E-state index contributed by atoms with van der Waals surface area (Å²) in [6.45, 7) is 3.75. The van der Waals surface area contributed by atoms with Gasteiger partial charge in [0.05, 0.1) is 4.70 Å². The molecule has 156 valence electrons. The summed E-state index contributed by atoms with van der Waals surface area (Å²) in [6.07, 6.45) is 8.82. The lowest BCUT2D eigenvalue weighted by Crippen LogP contribution is -2.45. The number of aryl methyl sites for hydroxylation is 2. The van der Waals surface area contributed by atoms with Gasteiger partial charge in [0.25, 0.3) is 5.19 Å². The Labute approximate surface area is 181 Å². The van der Waals surface area contributed by atoms with E-state index in [1.54, 1.807) is 6.92 Å². The predicted octanol–water partition coefficient (Wildman–Crippen LogP) is 5.51. The van der Waals surface area contributed by atoms with Gasteiger partial charge in [-0.2, -0.15) is 4.98 Å². The molecule has 1 aromatic carbocycles. The van der Waals surface area contributed by atoms with Gasteiger partial charge in [-0.05, 0) is 80.7 Å². The Kier molecular flexibility index (Phi) is 5.19. The number of thiazole rings is 1. The van der Waals surface area contributed by atoms with Gasteiger partial charge in [-0.1, -0.05) is 23.5 Å². The molecule has 0 aliphatic carbocycles. The van der Waals surface area contributed by atoms with Crippen LogP contribution in [0.15, 0.2) is 36.5 Å². The number of ether oxygens (including phenoxy) is 1. The number of amides is 1. The van der Waals surface area contributed by atoms with Crippen molar-refractivity contribution in [2.45, 2.75) is 64.5 Å². The number of carbonyl (C=O) groups is 1. The Morgan fingerprint density at radius 3 is 2.63 bits per heavy atom. The predicted molar refractivity (Wildman–Crippen MR) is 119 cm³/mol. The van der Waals surface area contributed by atoms with Crippen molar-refractivity contribution in [1.29, 1.82) is 0 Å². The fourth-order valence-electron chi connectivity index (χ4n) is 5.18. The molecule has 2 saturated heterocycles. The number of piperidine rings is 1. The second kappa shape index (κ2) is 7.99. The van der Waals surface area contributed by atoms with Crippen LogP contribution < -0.4 is 4.74 Å². The van der Waals surface area contributed by atoms with Crippen molar-refractivity contribution >= 4 is 27.6 Å². The zero-order valence-corrected chi connectivity index (χ0v) is 18.3. The quantitative estimate of drug-likeness (QED) is 0.545. The van der Waals surface area contributed by atoms with Crippen molar-refractivity contribution in [1.82, 2.24) is 14.9 Å². The van der Waals surface area contributed by atoms with Crippen LogP contribution in [0.1, 0.15) is 50.2 Å². The number of pyridine rings is 1. The summed E-state index contributed by atoms with van der Waals surface area (Å²) in [6, 6.07) is 11.4. The van der Waals surface area contributed by atoms with E-state index >= 15 is 0 Å². The monoisotopic (exact) mass is 421 g/mol. The molecule has 2 aromatic heterocycles. The first-order valence-electron chi connectivity index (χ1n) is 10.8. The van der Waals surface area contributed by atoms with Crippen LogP contribution in [0, 0.1) is 12.8 Å². The van der Waals surface area contributed by atoms with Gasteiger partial charge in [0.2, 0.25) is 5.91 Å². The molecule has 3 aromatic rings. The molecule has 5 rings (SSSR count). The lowest BCUT2D eigenvalue weighted by atomic mass is 9.86. The second-order valence-corrected chi connectivity index (χ2v) is 9.74. The van der Waals surface area contributed by atoms with E-state index in [0.29, 0.717) is 17.3 Å². The summed E-state index contributed by atoms with van der Waals surface area (Å²) >= 11 is 1.52. The van der Waals surface area contributed by atoms with Crippen molar-refractivity contribution in [3.05, 3.63) is 47.7 Å². The van der Waals surface area contributed by atoms with Gasteiger partial charge < -0.3 is 9.64 Å².